The third kappa shape index (κ3) is 17.6. The number of ether oxygens (including phenoxy) is 5. The van der Waals surface area contributed by atoms with E-state index < -0.39 is 113 Å². The van der Waals surface area contributed by atoms with Crippen LogP contribution in [0.2, 0.25) is 0 Å². The number of hydrogen-bond acceptors (Lipinski definition) is 15. The van der Waals surface area contributed by atoms with E-state index in [1.54, 1.807) is 26.0 Å². The summed E-state index contributed by atoms with van der Waals surface area (Å²) in [5.74, 6) is -21.5. The number of thiophene rings is 1. The van der Waals surface area contributed by atoms with Crippen LogP contribution in [0, 0.1) is 35.0 Å². The molecule has 0 fully saturated rings. The highest BCUT2D eigenvalue weighted by molar-refractivity contribution is 7.17. The zero-order chi connectivity index (χ0) is 54.6. The number of esters is 1. The van der Waals surface area contributed by atoms with Crippen molar-refractivity contribution < 1.29 is 99.0 Å². The van der Waals surface area contributed by atoms with Crippen LogP contribution in [-0.2, 0) is 67.3 Å². The van der Waals surface area contributed by atoms with Crippen molar-refractivity contribution in [2.75, 3.05) is 63.4 Å². The van der Waals surface area contributed by atoms with Crippen molar-refractivity contribution >= 4 is 75.7 Å². The SMILES string of the molecule is CC(C)[C@H](NC(=O)CCOCCOCCOCCC(=O)Oc1c(F)c(F)c(F)c(F)c1F)C(=O)N[C@@H](CCCNC(N)=O)C(=O)Nc1ccc(COC(=O)N2CCc3c(sc(NC(=O)C(=O)O)c3C(=O)O)C2)cc1. The largest absolute Gasteiger partial charge is 0.478 e. The zero-order valence-corrected chi connectivity index (χ0v) is 40.4. The number of carboxylic acid groups (broad SMARTS) is 2. The molecule has 2 atom stereocenters. The number of benzene rings is 2. The molecule has 2 heterocycles. The number of primary amides is 1. The fraction of sp³-hybridized carbons (Fsp3) is 0.444. The Hall–Kier alpha value is -7.50. The van der Waals surface area contributed by atoms with Gasteiger partial charge in [0.1, 0.15) is 23.7 Å². The monoisotopic (exact) mass is 1070 g/mol. The summed E-state index contributed by atoms with van der Waals surface area (Å²) < 4.78 is 92.7. The molecule has 0 aliphatic carbocycles. The van der Waals surface area contributed by atoms with Gasteiger partial charge in [-0.05, 0) is 48.4 Å². The molecular formula is C45H52F5N7O16S. The van der Waals surface area contributed by atoms with Crippen molar-refractivity contribution in [2.45, 2.75) is 71.2 Å². The van der Waals surface area contributed by atoms with Crippen LogP contribution in [0.1, 0.15) is 65.9 Å². The molecule has 404 valence electrons. The summed E-state index contributed by atoms with van der Waals surface area (Å²) in [5.41, 5.74) is 6.09. The molecule has 1 aliphatic heterocycles. The van der Waals surface area contributed by atoms with Gasteiger partial charge in [0.2, 0.25) is 52.6 Å². The molecule has 7 amide bonds. The highest BCUT2D eigenvalue weighted by Crippen LogP contribution is 2.37. The lowest BCUT2D eigenvalue weighted by Crippen LogP contribution is -2.54. The molecule has 1 aliphatic rings. The van der Waals surface area contributed by atoms with E-state index in [1.807, 2.05) is 0 Å². The average molecular weight is 1070 g/mol. The second-order valence-corrected chi connectivity index (χ2v) is 17.3. The van der Waals surface area contributed by atoms with Crippen LogP contribution in [-0.4, -0.2) is 134 Å². The standard InChI is InChI=1S/C45H52F5N7O16S/c1-22(2)36(55-28(58)10-14-69-16-18-71-19-17-70-15-11-29(59)73-37-34(49)32(47)31(46)33(48)35(37)50)39(61)54-26(4-3-12-52-44(51)67)38(60)53-24-7-5-23(6-8-24)21-72-45(68)57-13-9-25-27(20-57)74-41(30(25)42(63)64)56-40(62)43(65)66/h5-8,22,26,36H,3-4,9-21H2,1-2H3,(H,53,60)(H,54,61)(H,55,58)(H,56,62)(H,63,64)(H,65,66)(H3,51,52,67)/t26-,36-/m0/s1. The number of carbonyl (C=O) groups excluding carboxylic acids is 7. The third-order valence-corrected chi connectivity index (χ3v) is 11.6. The van der Waals surface area contributed by atoms with Crippen molar-refractivity contribution in [3.63, 3.8) is 0 Å². The molecule has 2 aromatic carbocycles. The summed E-state index contributed by atoms with van der Waals surface area (Å²) in [6.45, 7) is 2.86. The summed E-state index contributed by atoms with van der Waals surface area (Å²) in [6.07, 6.45) is -1.13. The number of anilines is 2. The molecule has 0 unspecified atom stereocenters. The topological polar surface area (TPSA) is 330 Å². The first-order valence-electron chi connectivity index (χ1n) is 22.4. The quantitative estimate of drug-likeness (QED) is 0.0103. The van der Waals surface area contributed by atoms with Crippen LogP contribution in [0.3, 0.4) is 0 Å². The van der Waals surface area contributed by atoms with E-state index in [9.17, 15) is 70.2 Å². The van der Waals surface area contributed by atoms with E-state index in [-0.39, 0.29) is 102 Å². The van der Waals surface area contributed by atoms with E-state index in [4.69, 9.17) is 29.8 Å². The van der Waals surface area contributed by atoms with Gasteiger partial charge in [-0.3, -0.25) is 24.0 Å². The van der Waals surface area contributed by atoms with Gasteiger partial charge >= 0.3 is 35.9 Å². The molecule has 0 bridgehead atoms. The van der Waals surface area contributed by atoms with Gasteiger partial charge in [0.05, 0.1) is 58.2 Å². The Balaban J connectivity index is 1.18. The number of nitrogens with zero attached hydrogens (tertiary/aromatic N) is 1. The maximum Gasteiger partial charge on any atom is 0.410 e. The molecule has 0 spiro atoms. The maximum atomic E-state index is 13.7. The zero-order valence-electron chi connectivity index (χ0n) is 39.6. The number of aliphatic carboxylic acids is 1. The predicted octanol–water partition coefficient (Wildman–Crippen LogP) is 3.31. The van der Waals surface area contributed by atoms with Crippen LogP contribution >= 0.6 is 11.3 Å². The lowest BCUT2D eigenvalue weighted by molar-refractivity contribution is -0.147. The Kier molecular flexibility index (Phi) is 22.9. The molecule has 0 radical (unpaired) electrons. The number of rotatable bonds is 27. The van der Waals surface area contributed by atoms with Crippen molar-refractivity contribution in [3.8, 4) is 5.75 Å². The van der Waals surface area contributed by atoms with Gasteiger partial charge in [-0.2, -0.15) is 8.78 Å². The third-order valence-electron chi connectivity index (χ3n) is 10.5. The highest BCUT2D eigenvalue weighted by Gasteiger charge is 2.33. The number of aromatic carboxylic acids is 1. The minimum atomic E-state index is -2.40. The number of hydrogen-bond donors (Lipinski definition) is 8. The number of amides is 7. The van der Waals surface area contributed by atoms with E-state index in [2.05, 4.69) is 31.3 Å². The molecule has 0 saturated carbocycles. The van der Waals surface area contributed by atoms with Crippen LogP contribution in [0.25, 0.3) is 0 Å². The smallest absolute Gasteiger partial charge is 0.410 e. The van der Waals surface area contributed by atoms with E-state index in [1.165, 1.54) is 17.0 Å². The average Bonchev–Trinajstić information content (AvgIpc) is 3.72. The second-order valence-electron chi connectivity index (χ2n) is 16.2. The Labute approximate surface area is 421 Å². The summed E-state index contributed by atoms with van der Waals surface area (Å²) in [6, 6.07) is 3.13. The Morgan fingerprint density at radius 1 is 0.770 bits per heavy atom. The molecule has 74 heavy (non-hydrogen) atoms. The Morgan fingerprint density at radius 3 is 1.95 bits per heavy atom. The summed E-state index contributed by atoms with van der Waals surface area (Å²) in [5, 5.41) is 30.9. The number of nitrogens with one attached hydrogen (secondary N) is 5. The number of nitrogens with two attached hydrogens (primary N) is 1. The van der Waals surface area contributed by atoms with E-state index in [0.717, 1.165) is 11.3 Å². The number of carbonyl (C=O) groups is 9. The minimum Gasteiger partial charge on any atom is -0.478 e. The molecule has 29 heteroatoms. The fourth-order valence-corrected chi connectivity index (χ4v) is 7.96. The van der Waals surface area contributed by atoms with Gasteiger partial charge in [0, 0.05) is 30.1 Å². The van der Waals surface area contributed by atoms with Crippen LogP contribution in [0.5, 0.6) is 5.75 Å². The summed E-state index contributed by atoms with van der Waals surface area (Å²) >= 11 is 0.840. The van der Waals surface area contributed by atoms with Gasteiger partial charge in [0.25, 0.3) is 0 Å². The predicted molar refractivity (Wildman–Crippen MR) is 246 cm³/mol. The van der Waals surface area contributed by atoms with Crippen LogP contribution < -0.4 is 37.1 Å². The van der Waals surface area contributed by atoms with E-state index >= 15 is 0 Å². The number of carboxylic acids is 2. The molecule has 9 N–H and O–H groups in total. The normalized spacial score (nSPS) is 12.7. The Morgan fingerprint density at radius 2 is 1.36 bits per heavy atom. The van der Waals surface area contributed by atoms with Gasteiger partial charge in [-0.1, -0.05) is 26.0 Å². The molecule has 23 nitrogen and oxygen atoms in total. The maximum absolute atomic E-state index is 13.7. The number of halogens is 5. The van der Waals surface area contributed by atoms with Gasteiger partial charge < -0.3 is 71.1 Å². The molecule has 0 saturated heterocycles. The van der Waals surface area contributed by atoms with Gasteiger partial charge in [-0.25, -0.2) is 32.3 Å². The lowest BCUT2D eigenvalue weighted by atomic mass is 10.0. The molecule has 4 rings (SSSR count). The van der Waals surface area contributed by atoms with E-state index in [0.29, 0.717) is 21.7 Å². The first-order valence-corrected chi connectivity index (χ1v) is 23.2. The first kappa shape index (κ1) is 59.1. The molecular weight excluding hydrogens is 1020 g/mol. The number of fused-ring (bicyclic) bond motifs is 1. The number of urea groups is 1. The summed E-state index contributed by atoms with van der Waals surface area (Å²) in [7, 11) is 0. The van der Waals surface area contributed by atoms with Gasteiger partial charge in [-0.15, -0.1) is 11.3 Å². The molecule has 3 aromatic rings. The van der Waals surface area contributed by atoms with Crippen LogP contribution in [0.15, 0.2) is 24.3 Å². The second kappa shape index (κ2) is 28.7. The molecule has 1 aromatic heterocycles. The fourth-order valence-electron chi connectivity index (χ4n) is 6.71. The minimum absolute atomic E-state index is 0.00230. The first-order chi connectivity index (χ1) is 35.1. The Bertz CT molecular complexity index is 2520. The van der Waals surface area contributed by atoms with Crippen molar-refractivity contribution in [1.82, 2.24) is 20.9 Å². The summed E-state index contributed by atoms with van der Waals surface area (Å²) in [4.78, 5) is 112. The highest BCUT2D eigenvalue weighted by atomic mass is 32.1. The van der Waals surface area contributed by atoms with Crippen molar-refractivity contribution in [1.29, 1.82) is 0 Å². The van der Waals surface area contributed by atoms with Crippen molar-refractivity contribution in [2.24, 2.45) is 11.7 Å². The van der Waals surface area contributed by atoms with Crippen LogP contribution in [0.4, 0.5) is 42.2 Å². The lowest BCUT2D eigenvalue weighted by Gasteiger charge is -2.26. The van der Waals surface area contributed by atoms with Gasteiger partial charge in [0.15, 0.2) is 0 Å². The van der Waals surface area contributed by atoms with Crippen molar-refractivity contribution in [3.05, 3.63) is 74.9 Å².